The van der Waals surface area contributed by atoms with E-state index in [0.29, 0.717) is 72.1 Å². The number of ether oxygens (including phenoxy) is 6. The van der Waals surface area contributed by atoms with Crippen molar-refractivity contribution in [2.24, 2.45) is 0 Å². The third kappa shape index (κ3) is 5.70. The van der Waals surface area contributed by atoms with Crippen LogP contribution in [0.1, 0.15) is 0 Å². The molecule has 4 amide bonds. The van der Waals surface area contributed by atoms with Gasteiger partial charge in [0.15, 0.2) is 23.0 Å². The number of benzene rings is 2. The summed E-state index contributed by atoms with van der Waals surface area (Å²) in [5.74, 6) is 2.59. The SMILES string of the molecule is COc1cc(NC(=O)N2CCN(C(=O)Nc3cc(OC)c(OC)c(OC)c3)CC2)cc(OC)c1OC. The van der Waals surface area contributed by atoms with E-state index in [4.69, 9.17) is 28.4 Å². The third-order valence-electron chi connectivity index (χ3n) is 5.69. The fraction of sp³-hybridized carbons (Fsp3) is 0.417. The van der Waals surface area contributed by atoms with Crippen molar-refractivity contribution < 1.29 is 38.0 Å². The van der Waals surface area contributed by atoms with Crippen LogP contribution in [-0.2, 0) is 0 Å². The molecular formula is C24H32N4O8. The molecule has 0 aromatic heterocycles. The van der Waals surface area contributed by atoms with Crippen LogP contribution in [0.15, 0.2) is 24.3 Å². The van der Waals surface area contributed by atoms with Crippen molar-refractivity contribution in [2.75, 3.05) is 79.5 Å². The van der Waals surface area contributed by atoms with Crippen molar-refractivity contribution in [2.45, 2.75) is 0 Å². The zero-order chi connectivity index (χ0) is 26.2. The molecule has 196 valence electrons. The molecule has 0 radical (unpaired) electrons. The Labute approximate surface area is 209 Å². The average Bonchev–Trinajstić information content (AvgIpc) is 2.91. The van der Waals surface area contributed by atoms with Gasteiger partial charge in [0.05, 0.1) is 54.0 Å². The normalized spacial score (nSPS) is 12.9. The van der Waals surface area contributed by atoms with Gasteiger partial charge in [0.2, 0.25) is 11.5 Å². The number of carbonyl (C=O) groups is 2. The Morgan fingerprint density at radius 3 is 1.06 bits per heavy atom. The van der Waals surface area contributed by atoms with Crippen LogP contribution in [0.3, 0.4) is 0 Å². The van der Waals surface area contributed by atoms with Crippen LogP contribution in [-0.4, -0.2) is 90.7 Å². The van der Waals surface area contributed by atoms with E-state index in [-0.39, 0.29) is 12.1 Å². The summed E-state index contributed by atoms with van der Waals surface area (Å²) in [6, 6.07) is 6.02. The maximum Gasteiger partial charge on any atom is 0.321 e. The Balaban J connectivity index is 1.61. The highest BCUT2D eigenvalue weighted by Gasteiger charge is 2.25. The van der Waals surface area contributed by atoms with Gasteiger partial charge < -0.3 is 48.9 Å². The van der Waals surface area contributed by atoms with E-state index < -0.39 is 0 Å². The molecule has 2 N–H and O–H groups in total. The Morgan fingerprint density at radius 1 is 0.556 bits per heavy atom. The predicted molar refractivity (Wildman–Crippen MR) is 133 cm³/mol. The lowest BCUT2D eigenvalue weighted by atomic mass is 10.2. The number of hydrogen-bond acceptors (Lipinski definition) is 8. The lowest BCUT2D eigenvalue weighted by molar-refractivity contribution is 0.156. The topological polar surface area (TPSA) is 120 Å². The number of piperazine rings is 1. The predicted octanol–water partition coefficient (Wildman–Crippen LogP) is 3.12. The summed E-state index contributed by atoms with van der Waals surface area (Å²) in [5.41, 5.74) is 0.995. The minimum atomic E-state index is -0.297. The summed E-state index contributed by atoms with van der Waals surface area (Å²) in [6.45, 7) is 1.44. The molecule has 1 heterocycles. The van der Waals surface area contributed by atoms with Crippen molar-refractivity contribution in [3.8, 4) is 34.5 Å². The summed E-state index contributed by atoms with van der Waals surface area (Å²) >= 11 is 0. The summed E-state index contributed by atoms with van der Waals surface area (Å²) in [6.07, 6.45) is 0. The van der Waals surface area contributed by atoms with E-state index in [1.54, 1.807) is 34.1 Å². The van der Waals surface area contributed by atoms with Crippen LogP contribution in [0.5, 0.6) is 34.5 Å². The molecule has 0 spiro atoms. The summed E-state index contributed by atoms with van der Waals surface area (Å²) in [7, 11) is 9.04. The highest BCUT2D eigenvalue weighted by molar-refractivity contribution is 5.92. The average molecular weight is 505 g/mol. The second-order valence-corrected chi connectivity index (χ2v) is 7.66. The molecule has 0 bridgehead atoms. The molecule has 0 atom stereocenters. The highest BCUT2D eigenvalue weighted by Crippen LogP contribution is 2.41. The number of nitrogens with one attached hydrogen (secondary N) is 2. The van der Waals surface area contributed by atoms with E-state index >= 15 is 0 Å². The molecule has 3 rings (SSSR count). The van der Waals surface area contributed by atoms with Gasteiger partial charge >= 0.3 is 12.1 Å². The first kappa shape index (κ1) is 26.4. The fourth-order valence-electron chi connectivity index (χ4n) is 3.82. The van der Waals surface area contributed by atoms with E-state index in [9.17, 15) is 9.59 Å². The van der Waals surface area contributed by atoms with Gasteiger partial charge in [-0.05, 0) is 0 Å². The first-order valence-electron chi connectivity index (χ1n) is 11.1. The molecule has 2 aromatic carbocycles. The van der Waals surface area contributed by atoms with E-state index in [0.717, 1.165) is 0 Å². The standard InChI is InChI=1S/C24H32N4O8/c1-31-17-11-15(12-18(32-2)21(17)35-5)25-23(29)27-7-9-28(10-8-27)24(30)26-16-13-19(33-3)22(36-6)20(14-16)34-4/h11-14H,7-10H2,1-6H3,(H,25,29)(H,26,30). The van der Waals surface area contributed by atoms with Crippen LogP contribution in [0.2, 0.25) is 0 Å². The van der Waals surface area contributed by atoms with Gasteiger partial charge in [0.25, 0.3) is 0 Å². The minimum absolute atomic E-state index is 0.297. The largest absolute Gasteiger partial charge is 0.493 e. The molecule has 1 aliphatic heterocycles. The number of rotatable bonds is 8. The van der Waals surface area contributed by atoms with E-state index in [1.807, 2.05) is 0 Å². The second kappa shape index (κ2) is 12.0. The number of hydrogen-bond donors (Lipinski definition) is 2. The van der Waals surface area contributed by atoms with Crippen LogP contribution < -0.4 is 39.1 Å². The van der Waals surface area contributed by atoms with Gasteiger partial charge in [-0.1, -0.05) is 0 Å². The van der Waals surface area contributed by atoms with Crippen LogP contribution >= 0.6 is 0 Å². The number of amides is 4. The highest BCUT2D eigenvalue weighted by atomic mass is 16.5. The minimum Gasteiger partial charge on any atom is -0.493 e. The first-order valence-corrected chi connectivity index (χ1v) is 11.1. The van der Waals surface area contributed by atoms with Crippen molar-refractivity contribution in [3.05, 3.63) is 24.3 Å². The maximum atomic E-state index is 12.8. The van der Waals surface area contributed by atoms with Gasteiger partial charge in [-0.3, -0.25) is 0 Å². The lowest BCUT2D eigenvalue weighted by Gasteiger charge is -2.34. The van der Waals surface area contributed by atoms with Crippen molar-refractivity contribution in [1.29, 1.82) is 0 Å². The third-order valence-corrected chi connectivity index (χ3v) is 5.69. The zero-order valence-corrected chi connectivity index (χ0v) is 21.3. The molecule has 0 saturated carbocycles. The summed E-state index contributed by atoms with van der Waals surface area (Å²) in [4.78, 5) is 28.9. The number of urea groups is 2. The van der Waals surface area contributed by atoms with Crippen molar-refractivity contribution in [1.82, 2.24) is 9.80 Å². The van der Waals surface area contributed by atoms with E-state index in [1.165, 1.54) is 42.7 Å². The molecule has 1 fully saturated rings. The number of carbonyl (C=O) groups excluding carboxylic acids is 2. The van der Waals surface area contributed by atoms with E-state index in [2.05, 4.69) is 10.6 Å². The van der Waals surface area contributed by atoms with Crippen molar-refractivity contribution >= 4 is 23.4 Å². The Bertz CT molecular complexity index is 950. The molecule has 1 aliphatic rings. The molecule has 1 saturated heterocycles. The monoisotopic (exact) mass is 504 g/mol. The van der Waals surface area contributed by atoms with Crippen LogP contribution in [0.25, 0.3) is 0 Å². The summed E-state index contributed by atoms with van der Waals surface area (Å²) in [5, 5.41) is 5.69. The second-order valence-electron chi connectivity index (χ2n) is 7.66. The Hall–Kier alpha value is -4.22. The van der Waals surface area contributed by atoms with Gasteiger partial charge in [-0.15, -0.1) is 0 Å². The lowest BCUT2D eigenvalue weighted by Crippen LogP contribution is -2.52. The van der Waals surface area contributed by atoms with Crippen LogP contribution in [0, 0.1) is 0 Å². The maximum absolute atomic E-state index is 12.8. The van der Waals surface area contributed by atoms with Gasteiger partial charge in [-0.2, -0.15) is 0 Å². The summed E-state index contributed by atoms with van der Waals surface area (Å²) < 4.78 is 32.0. The van der Waals surface area contributed by atoms with Crippen molar-refractivity contribution in [3.63, 3.8) is 0 Å². The number of anilines is 2. The smallest absolute Gasteiger partial charge is 0.321 e. The molecule has 12 heteroatoms. The molecule has 36 heavy (non-hydrogen) atoms. The quantitative estimate of drug-likeness (QED) is 0.563. The molecular weight excluding hydrogens is 472 g/mol. The zero-order valence-electron chi connectivity index (χ0n) is 21.3. The number of nitrogens with zero attached hydrogens (tertiary/aromatic N) is 2. The Kier molecular flexibility index (Phi) is 8.76. The molecule has 0 unspecified atom stereocenters. The molecule has 12 nitrogen and oxygen atoms in total. The first-order chi connectivity index (χ1) is 17.4. The van der Waals surface area contributed by atoms with Gasteiger partial charge in [0, 0.05) is 50.4 Å². The molecule has 0 aliphatic carbocycles. The molecule has 2 aromatic rings. The van der Waals surface area contributed by atoms with Gasteiger partial charge in [0.1, 0.15) is 0 Å². The van der Waals surface area contributed by atoms with Crippen LogP contribution in [0.4, 0.5) is 21.0 Å². The number of methoxy groups -OCH3 is 6. The van der Waals surface area contributed by atoms with Gasteiger partial charge in [-0.25, -0.2) is 9.59 Å². The fourth-order valence-corrected chi connectivity index (χ4v) is 3.82. The Morgan fingerprint density at radius 2 is 0.833 bits per heavy atom.